The Hall–Kier alpha value is -1.34. The van der Waals surface area contributed by atoms with Crippen molar-refractivity contribution in [2.24, 2.45) is 0 Å². The first-order valence-corrected chi connectivity index (χ1v) is 5.63. The fourth-order valence-electron chi connectivity index (χ4n) is 1.60. The molecule has 1 heterocycles. The predicted octanol–water partition coefficient (Wildman–Crippen LogP) is -0.909. The summed E-state index contributed by atoms with van der Waals surface area (Å²) in [5, 5.41) is 14.6. The van der Waals surface area contributed by atoms with E-state index in [4.69, 9.17) is 9.84 Å². The van der Waals surface area contributed by atoms with Crippen molar-refractivity contribution in [3.8, 4) is 0 Å². The smallest absolute Gasteiger partial charge is 0.326 e. The highest BCUT2D eigenvalue weighted by atomic mass is 16.5. The summed E-state index contributed by atoms with van der Waals surface area (Å²) < 4.78 is 4.81. The summed E-state index contributed by atoms with van der Waals surface area (Å²) in [6.07, 6.45) is 0.268. The second-order valence-electron chi connectivity index (χ2n) is 3.86. The summed E-state index contributed by atoms with van der Waals surface area (Å²) in [7, 11) is 1.50. The summed E-state index contributed by atoms with van der Waals surface area (Å²) in [5.41, 5.74) is 0. The Morgan fingerprint density at radius 2 is 2.12 bits per heavy atom. The molecule has 98 valence electrons. The molecule has 0 bridgehead atoms. The van der Waals surface area contributed by atoms with Gasteiger partial charge in [-0.15, -0.1) is 0 Å². The minimum Gasteiger partial charge on any atom is -0.480 e. The van der Waals surface area contributed by atoms with Crippen LogP contribution < -0.4 is 10.6 Å². The number of hydrogen-bond donors (Lipinski definition) is 3. The van der Waals surface area contributed by atoms with Crippen LogP contribution in [0, 0.1) is 0 Å². The van der Waals surface area contributed by atoms with Crippen molar-refractivity contribution in [2.75, 3.05) is 39.9 Å². The van der Waals surface area contributed by atoms with E-state index in [1.807, 2.05) is 0 Å². The van der Waals surface area contributed by atoms with Crippen LogP contribution in [0.25, 0.3) is 0 Å². The number of hydrogen-bond acceptors (Lipinski definition) is 4. The van der Waals surface area contributed by atoms with Gasteiger partial charge in [0, 0.05) is 46.3 Å². The predicted molar refractivity (Wildman–Crippen MR) is 60.9 cm³/mol. The molecule has 2 amide bonds. The molecule has 1 unspecified atom stereocenters. The highest BCUT2D eigenvalue weighted by Gasteiger charge is 2.23. The minimum absolute atomic E-state index is 0.268. The van der Waals surface area contributed by atoms with Crippen LogP contribution in [-0.4, -0.2) is 67.9 Å². The lowest BCUT2D eigenvalue weighted by Crippen LogP contribution is -2.53. The Kier molecular flexibility index (Phi) is 5.71. The zero-order valence-corrected chi connectivity index (χ0v) is 9.94. The van der Waals surface area contributed by atoms with Crippen molar-refractivity contribution in [3.05, 3.63) is 0 Å². The number of carboxylic acids is 1. The Morgan fingerprint density at radius 3 is 2.65 bits per heavy atom. The molecule has 0 spiro atoms. The van der Waals surface area contributed by atoms with Crippen LogP contribution in [0.5, 0.6) is 0 Å². The van der Waals surface area contributed by atoms with Crippen LogP contribution >= 0.6 is 0 Å². The number of rotatable bonds is 5. The van der Waals surface area contributed by atoms with Crippen molar-refractivity contribution in [1.82, 2.24) is 15.5 Å². The molecular formula is C10H19N3O4. The fourth-order valence-corrected chi connectivity index (χ4v) is 1.60. The van der Waals surface area contributed by atoms with Crippen molar-refractivity contribution in [1.29, 1.82) is 0 Å². The Balaban J connectivity index is 2.42. The highest BCUT2D eigenvalue weighted by Crippen LogP contribution is 1.98. The van der Waals surface area contributed by atoms with Gasteiger partial charge in [0.25, 0.3) is 0 Å². The lowest BCUT2D eigenvalue weighted by atomic mass is 10.2. The van der Waals surface area contributed by atoms with Crippen molar-refractivity contribution >= 4 is 12.0 Å². The number of urea groups is 1. The van der Waals surface area contributed by atoms with Crippen LogP contribution in [0.15, 0.2) is 0 Å². The number of carbonyl (C=O) groups is 2. The van der Waals surface area contributed by atoms with E-state index in [1.54, 1.807) is 4.90 Å². The Labute approximate surface area is 100 Å². The van der Waals surface area contributed by atoms with Gasteiger partial charge in [-0.1, -0.05) is 0 Å². The molecule has 0 radical (unpaired) electrons. The molecule has 0 aromatic rings. The number of carbonyl (C=O) groups excluding carboxylic acids is 1. The first-order valence-electron chi connectivity index (χ1n) is 5.63. The third-order valence-corrected chi connectivity index (χ3v) is 2.61. The van der Waals surface area contributed by atoms with Crippen molar-refractivity contribution in [3.63, 3.8) is 0 Å². The van der Waals surface area contributed by atoms with Gasteiger partial charge in [0.05, 0.1) is 0 Å². The Morgan fingerprint density at radius 1 is 1.47 bits per heavy atom. The van der Waals surface area contributed by atoms with Crippen LogP contribution in [0.4, 0.5) is 4.79 Å². The maximum atomic E-state index is 11.8. The van der Waals surface area contributed by atoms with Crippen LogP contribution in [0.2, 0.25) is 0 Å². The number of aliphatic carboxylic acids is 1. The molecule has 7 heteroatoms. The molecule has 0 aromatic heterocycles. The molecule has 1 fully saturated rings. The van der Waals surface area contributed by atoms with E-state index in [0.29, 0.717) is 19.7 Å². The monoisotopic (exact) mass is 245 g/mol. The molecule has 0 aromatic carbocycles. The lowest BCUT2D eigenvalue weighted by molar-refractivity contribution is -0.139. The number of piperazine rings is 1. The third-order valence-electron chi connectivity index (χ3n) is 2.61. The fraction of sp³-hybridized carbons (Fsp3) is 0.800. The number of nitrogens with zero attached hydrogens (tertiary/aromatic N) is 1. The molecule has 3 N–H and O–H groups in total. The largest absolute Gasteiger partial charge is 0.480 e. The highest BCUT2D eigenvalue weighted by molar-refractivity contribution is 5.82. The quantitative estimate of drug-likeness (QED) is 0.583. The van der Waals surface area contributed by atoms with Crippen molar-refractivity contribution in [2.45, 2.75) is 12.5 Å². The molecule has 1 aliphatic rings. The third kappa shape index (κ3) is 4.58. The number of ether oxygens (including phenoxy) is 1. The first-order chi connectivity index (χ1) is 8.15. The molecule has 17 heavy (non-hydrogen) atoms. The molecular weight excluding hydrogens is 226 g/mol. The van der Waals surface area contributed by atoms with Gasteiger partial charge in [-0.25, -0.2) is 9.59 Å². The van der Waals surface area contributed by atoms with E-state index in [0.717, 1.165) is 13.1 Å². The minimum atomic E-state index is -1.04. The van der Waals surface area contributed by atoms with Gasteiger partial charge >= 0.3 is 12.0 Å². The molecule has 7 nitrogen and oxygen atoms in total. The molecule has 1 rings (SSSR count). The second kappa shape index (κ2) is 7.08. The molecule has 1 saturated heterocycles. The van der Waals surface area contributed by atoms with Crippen LogP contribution in [0.1, 0.15) is 6.42 Å². The maximum absolute atomic E-state index is 11.8. The van der Waals surface area contributed by atoms with Crippen molar-refractivity contribution < 1.29 is 19.4 Å². The van der Waals surface area contributed by atoms with Gasteiger partial charge in [0.2, 0.25) is 0 Å². The summed E-state index contributed by atoms with van der Waals surface area (Å²) in [4.78, 5) is 24.3. The van der Waals surface area contributed by atoms with E-state index < -0.39 is 12.0 Å². The number of methoxy groups -OCH3 is 1. The Bertz CT molecular complexity index is 266. The topological polar surface area (TPSA) is 90.9 Å². The van der Waals surface area contributed by atoms with E-state index in [1.165, 1.54) is 7.11 Å². The summed E-state index contributed by atoms with van der Waals surface area (Å²) in [5.74, 6) is -1.04. The molecule has 1 atom stereocenters. The van der Waals surface area contributed by atoms with E-state index in [2.05, 4.69) is 10.6 Å². The van der Waals surface area contributed by atoms with E-state index in [9.17, 15) is 9.59 Å². The summed E-state index contributed by atoms with van der Waals surface area (Å²) in [6, 6.07) is -1.22. The number of nitrogens with one attached hydrogen (secondary N) is 2. The molecule has 0 saturated carbocycles. The standard InChI is InChI=1S/C10H19N3O4/c1-17-7-2-8(9(14)15)12-10(16)13-5-3-11-4-6-13/h8,11H,2-7H2,1H3,(H,12,16)(H,14,15). The normalized spacial score (nSPS) is 17.6. The number of amides is 2. The van der Waals surface area contributed by atoms with Gasteiger partial charge in [0.15, 0.2) is 0 Å². The average Bonchev–Trinajstić information content (AvgIpc) is 2.35. The van der Waals surface area contributed by atoms with E-state index in [-0.39, 0.29) is 12.5 Å². The van der Waals surface area contributed by atoms with Gasteiger partial charge in [-0.2, -0.15) is 0 Å². The van der Waals surface area contributed by atoms with Gasteiger partial charge in [-0.3, -0.25) is 0 Å². The maximum Gasteiger partial charge on any atom is 0.326 e. The average molecular weight is 245 g/mol. The molecule has 0 aliphatic carbocycles. The van der Waals surface area contributed by atoms with Gasteiger partial charge in [0.1, 0.15) is 6.04 Å². The zero-order chi connectivity index (χ0) is 12.7. The molecule has 1 aliphatic heterocycles. The summed E-state index contributed by atoms with van der Waals surface area (Å²) >= 11 is 0. The van der Waals surface area contributed by atoms with Crippen LogP contribution in [-0.2, 0) is 9.53 Å². The SMILES string of the molecule is COCCC(NC(=O)N1CCNCC1)C(=O)O. The van der Waals surface area contributed by atoms with Gasteiger partial charge < -0.3 is 25.4 Å². The first kappa shape index (κ1) is 13.7. The van der Waals surface area contributed by atoms with Gasteiger partial charge in [-0.05, 0) is 0 Å². The number of carboxylic acid groups (broad SMARTS) is 1. The van der Waals surface area contributed by atoms with Crippen LogP contribution in [0.3, 0.4) is 0 Å². The second-order valence-corrected chi connectivity index (χ2v) is 3.86. The summed E-state index contributed by atoms with van der Waals surface area (Å²) in [6.45, 7) is 2.98. The zero-order valence-electron chi connectivity index (χ0n) is 9.94. The lowest BCUT2D eigenvalue weighted by Gasteiger charge is -2.28. The van der Waals surface area contributed by atoms with E-state index >= 15 is 0 Å².